The zero-order valence-corrected chi connectivity index (χ0v) is 13.7. The topological polar surface area (TPSA) is 29.1 Å². The summed E-state index contributed by atoms with van der Waals surface area (Å²) in [7, 11) is 0. The highest BCUT2D eigenvalue weighted by Gasteiger charge is 2.21. The van der Waals surface area contributed by atoms with E-state index in [4.69, 9.17) is 0 Å². The number of anilines is 1. The standard InChI is InChI=1S/C15H23BrN2O/c1-4-18(5-2,6-3)12-11-15(19)17-14-10-8-7-9-13(14)16/h7-10H,4-6,11-12H2,1-3H3/p+1. The normalized spacial score (nSPS) is 11.4. The van der Waals surface area contributed by atoms with Gasteiger partial charge in [0.15, 0.2) is 0 Å². The van der Waals surface area contributed by atoms with Gasteiger partial charge in [0.1, 0.15) is 0 Å². The van der Waals surface area contributed by atoms with Gasteiger partial charge < -0.3 is 9.80 Å². The van der Waals surface area contributed by atoms with Gasteiger partial charge in [-0.25, -0.2) is 0 Å². The number of benzene rings is 1. The number of carbonyl (C=O) groups is 1. The molecule has 0 atom stereocenters. The number of hydrogen-bond acceptors (Lipinski definition) is 1. The lowest BCUT2D eigenvalue weighted by atomic mass is 10.2. The first kappa shape index (κ1) is 16.2. The summed E-state index contributed by atoms with van der Waals surface area (Å²) in [5.74, 6) is 0.0877. The van der Waals surface area contributed by atoms with Crippen LogP contribution in [0.5, 0.6) is 0 Å². The van der Waals surface area contributed by atoms with Crippen molar-refractivity contribution in [1.82, 2.24) is 0 Å². The maximum Gasteiger partial charge on any atom is 0.230 e. The fraction of sp³-hybridized carbons (Fsp3) is 0.533. The third kappa shape index (κ3) is 4.62. The van der Waals surface area contributed by atoms with Crippen molar-refractivity contribution in [1.29, 1.82) is 0 Å². The zero-order valence-electron chi connectivity index (χ0n) is 12.1. The van der Waals surface area contributed by atoms with Crippen molar-refractivity contribution >= 4 is 27.5 Å². The van der Waals surface area contributed by atoms with Gasteiger partial charge in [0.2, 0.25) is 5.91 Å². The predicted octanol–water partition coefficient (Wildman–Crippen LogP) is 3.65. The van der Waals surface area contributed by atoms with Gasteiger partial charge in [0.25, 0.3) is 0 Å². The lowest BCUT2D eigenvalue weighted by molar-refractivity contribution is -0.922. The molecule has 1 N–H and O–H groups in total. The molecule has 0 unspecified atom stereocenters. The molecule has 1 aromatic rings. The van der Waals surface area contributed by atoms with Crippen molar-refractivity contribution in [3.05, 3.63) is 28.7 Å². The first-order chi connectivity index (χ1) is 9.06. The Morgan fingerprint density at radius 3 is 2.26 bits per heavy atom. The number of para-hydroxylation sites is 1. The molecule has 0 bridgehead atoms. The molecular formula is C15H24BrN2O+. The molecule has 1 rings (SSSR count). The van der Waals surface area contributed by atoms with Crippen molar-refractivity contribution in [2.24, 2.45) is 0 Å². The van der Waals surface area contributed by atoms with Crippen LogP contribution in [0.25, 0.3) is 0 Å². The Labute approximate surface area is 124 Å². The number of halogens is 1. The summed E-state index contributed by atoms with van der Waals surface area (Å²) in [4.78, 5) is 12.0. The van der Waals surface area contributed by atoms with E-state index in [2.05, 4.69) is 42.0 Å². The molecular weight excluding hydrogens is 304 g/mol. The average molecular weight is 328 g/mol. The van der Waals surface area contributed by atoms with E-state index in [-0.39, 0.29) is 5.91 Å². The minimum Gasteiger partial charge on any atom is -0.325 e. The van der Waals surface area contributed by atoms with Gasteiger partial charge in [-0.2, -0.15) is 0 Å². The van der Waals surface area contributed by atoms with Crippen molar-refractivity contribution in [3.63, 3.8) is 0 Å². The van der Waals surface area contributed by atoms with E-state index in [1.165, 1.54) is 0 Å². The maximum atomic E-state index is 12.0. The van der Waals surface area contributed by atoms with Crippen molar-refractivity contribution in [2.45, 2.75) is 27.2 Å². The molecule has 0 aliphatic heterocycles. The van der Waals surface area contributed by atoms with Crippen LogP contribution in [-0.4, -0.2) is 36.6 Å². The summed E-state index contributed by atoms with van der Waals surface area (Å²) in [6, 6.07) is 7.70. The minimum atomic E-state index is 0.0877. The van der Waals surface area contributed by atoms with E-state index in [0.29, 0.717) is 6.42 Å². The highest BCUT2D eigenvalue weighted by atomic mass is 79.9. The molecule has 0 saturated heterocycles. The number of amides is 1. The Morgan fingerprint density at radius 1 is 1.16 bits per heavy atom. The van der Waals surface area contributed by atoms with Gasteiger partial charge in [-0.15, -0.1) is 0 Å². The first-order valence-electron chi connectivity index (χ1n) is 6.96. The third-order valence-corrected chi connectivity index (χ3v) is 4.67. The Balaban J connectivity index is 2.55. The van der Waals surface area contributed by atoms with Crippen LogP contribution in [0.4, 0.5) is 5.69 Å². The van der Waals surface area contributed by atoms with Crippen LogP contribution in [0.1, 0.15) is 27.2 Å². The molecule has 0 saturated carbocycles. The molecule has 3 nitrogen and oxygen atoms in total. The van der Waals surface area contributed by atoms with Crippen LogP contribution in [0.15, 0.2) is 28.7 Å². The number of quaternary nitrogens is 1. The number of nitrogens with one attached hydrogen (secondary N) is 1. The highest BCUT2D eigenvalue weighted by molar-refractivity contribution is 9.10. The van der Waals surface area contributed by atoms with Crippen molar-refractivity contribution in [2.75, 3.05) is 31.5 Å². The van der Waals surface area contributed by atoms with Gasteiger partial charge in [0, 0.05) is 4.47 Å². The van der Waals surface area contributed by atoms with Gasteiger partial charge in [-0.05, 0) is 48.8 Å². The van der Waals surface area contributed by atoms with Gasteiger partial charge in [0.05, 0.1) is 38.3 Å². The third-order valence-electron chi connectivity index (χ3n) is 3.97. The molecule has 106 valence electrons. The van der Waals surface area contributed by atoms with Crippen molar-refractivity contribution < 1.29 is 9.28 Å². The smallest absolute Gasteiger partial charge is 0.230 e. The van der Waals surface area contributed by atoms with Gasteiger partial charge in [-0.3, -0.25) is 4.79 Å². The summed E-state index contributed by atoms with van der Waals surface area (Å²) < 4.78 is 1.93. The SMILES string of the molecule is CC[N+](CC)(CC)CCC(=O)Nc1ccccc1Br. The van der Waals surface area contributed by atoms with E-state index in [9.17, 15) is 4.79 Å². The minimum absolute atomic E-state index is 0.0877. The van der Waals surface area contributed by atoms with Crippen LogP contribution in [-0.2, 0) is 4.79 Å². The van der Waals surface area contributed by atoms with E-state index < -0.39 is 0 Å². The highest BCUT2D eigenvalue weighted by Crippen LogP contribution is 2.21. The second kappa shape index (κ2) is 7.65. The van der Waals surface area contributed by atoms with Crippen LogP contribution in [0.3, 0.4) is 0 Å². The molecule has 0 heterocycles. The quantitative estimate of drug-likeness (QED) is 0.761. The second-order valence-corrected chi connectivity index (χ2v) is 5.65. The molecule has 0 fully saturated rings. The maximum absolute atomic E-state index is 12.0. The predicted molar refractivity (Wildman–Crippen MR) is 84.1 cm³/mol. The summed E-state index contributed by atoms with van der Waals surface area (Å²) in [5.41, 5.74) is 0.843. The lowest BCUT2D eigenvalue weighted by Gasteiger charge is -2.35. The molecule has 0 radical (unpaired) electrons. The first-order valence-corrected chi connectivity index (χ1v) is 7.75. The van der Waals surface area contributed by atoms with Crippen LogP contribution in [0.2, 0.25) is 0 Å². The molecule has 0 spiro atoms. The average Bonchev–Trinajstić information content (AvgIpc) is 2.44. The second-order valence-electron chi connectivity index (χ2n) is 4.79. The summed E-state index contributed by atoms with van der Waals surface area (Å²) >= 11 is 3.44. The largest absolute Gasteiger partial charge is 0.325 e. The van der Waals surface area contributed by atoms with Crippen LogP contribution < -0.4 is 5.32 Å². The number of rotatable bonds is 7. The number of nitrogens with zero attached hydrogens (tertiary/aromatic N) is 1. The van der Waals surface area contributed by atoms with E-state index in [1.807, 2.05) is 24.3 Å². The fourth-order valence-corrected chi connectivity index (χ4v) is 2.64. The molecule has 0 aliphatic carbocycles. The number of hydrogen-bond donors (Lipinski definition) is 1. The Morgan fingerprint density at radius 2 is 1.74 bits per heavy atom. The molecule has 4 heteroatoms. The zero-order chi connectivity index (χ0) is 14.3. The van der Waals surface area contributed by atoms with Crippen molar-refractivity contribution in [3.8, 4) is 0 Å². The van der Waals surface area contributed by atoms with E-state index in [0.717, 1.165) is 40.8 Å². The van der Waals surface area contributed by atoms with Gasteiger partial charge in [-0.1, -0.05) is 12.1 Å². The molecule has 0 aromatic heterocycles. The van der Waals surface area contributed by atoms with Crippen LogP contribution in [0, 0.1) is 0 Å². The Bertz CT molecular complexity index is 408. The lowest BCUT2D eigenvalue weighted by Crippen LogP contribution is -2.49. The molecule has 1 aromatic carbocycles. The summed E-state index contributed by atoms with van der Waals surface area (Å²) in [6.45, 7) is 10.7. The molecule has 1 amide bonds. The monoisotopic (exact) mass is 327 g/mol. The molecule has 0 aliphatic rings. The number of carbonyl (C=O) groups excluding carboxylic acids is 1. The van der Waals surface area contributed by atoms with E-state index in [1.54, 1.807) is 0 Å². The summed E-state index contributed by atoms with van der Waals surface area (Å²) in [5, 5.41) is 2.96. The van der Waals surface area contributed by atoms with Crippen LogP contribution >= 0.6 is 15.9 Å². The Hall–Kier alpha value is -0.870. The molecule has 19 heavy (non-hydrogen) atoms. The van der Waals surface area contributed by atoms with E-state index >= 15 is 0 Å². The Kier molecular flexibility index (Phi) is 6.52. The fourth-order valence-electron chi connectivity index (χ4n) is 2.26. The summed E-state index contributed by atoms with van der Waals surface area (Å²) in [6.07, 6.45) is 0.566. The van der Waals surface area contributed by atoms with Gasteiger partial charge >= 0.3 is 0 Å².